The van der Waals surface area contributed by atoms with Gasteiger partial charge < -0.3 is 9.64 Å². The molecule has 0 aliphatic carbocycles. The highest BCUT2D eigenvalue weighted by molar-refractivity contribution is 5.77. The maximum atomic E-state index is 11.5. The van der Waals surface area contributed by atoms with Crippen LogP contribution in [0.5, 0.6) is 0 Å². The molecule has 8 heteroatoms. The summed E-state index contributed by atoms with van der Waals surface area (Å²) in [5.41, 5.74) is 0.622. The van der Waals surface area contributed by atoms with E-state index in [2.05, 4.69) is 15.6 Å². The molecule has 0 spiro atoms. The average molecular weight is 267 g/mol. The number of carbonyl (C=O) groups is 2. The maximum absolute atomic E-state index is 11.5. The van der Waals surface area contributed by atoms with Gasteiger partial charge in [-0.25, -0.2) is 4.68 Å². The van der Waals surface area contributed by atoms with E-state index in [1.807, 2.05) is 0 Å². The molecule has 1 aromatic heterocycles. The largest absolute Gasteiger partial charge is 0.350 e. The molecule has 0 saturated carbocycles. The number of carbonyl (C=O) groups excluding carboxylic acids is 2. The summed E-state index contributed by atoms with van der Waals surface area (Å²) in [6.07, 6.45) is 2.02. The Morgan fingerprint density at radius 1 is 1.68 bits per heavy atom. The fourth-order valence-electron chi connectivity index (χ4n) is 1.77. The van der Waals surface area contributed by atoms with E-state index in [0.717, 1.165) is 6.29 Å². The molecule has 1 saturated heterocycles. The Bertz CT molecular complexity index is 459. The molecule has 0 aromatic carbocycles. The minimum atomic E-state index is -0.539. The number of aldehydes is 1. The highest BCUT2D eigenvalue weighted by Crippen LogP contribution is 2.06. The Kier molecular flexibility index (Phi) is 4.23. The van der Waals surface area contributed by atoms with Crippen LogP contribution in [-0.2, 0) is 27.3 Å². The van der Waals surface area contributed by atoms with Gasteiger partial charge in [0.2, 0.25) is 5.91 Å². The van der Waals surface area contributed by atoms with Crippen molar-refractivity contribution in [2.45, 2.75) is 25.3 Å². The van der Waals surface area contributed by atoms with Gasteiger partial charge in [0.05, 0.1) is 24.8 Å². The quantitative estimate of drug-likeness (QED) is 0.648. The predicted molar refractivity (Wildman–Crippen MR) is 65.1 cm³/mol. The topological polar surface area (TPSA) is 89.4 Å². The van der Waals surface area contributed by atoms with Gasteiger partial charge in [0.15, 0.2) is 12.5 Å². The Labute approximate surface area is 110 Å². The third-order valence-electron chi connectivity index (χ3n) is 2.82. The molecule has 2 rings (SSSR count). The van der Waals surface area contributed by atoms with Gasteiger partial charge in [-0.1, -0.05) is 5.21 Å². The predicted octanol–water partition coefficient (Wildman–Crippen LogP) is -1.58. The molecule has 104 valence electrons. The lowest BCUT2D eigenvalue weighted by molar-refractivity contribution is -0.128. The molecule has 0 radical (unpaired) electrons. The molecule has 2 atom stereocenters. The molecule has 1 aromatic rings. The van der Waals surface area contributed by atoms with Gasteiger partial charge in [0.25, 0.3) is 0 Å². The third-order valence-corrected chi connectivity index (χ3v) is 2.82. The van der Waals surface area contributed by atoms with Gasteiger partial charge in [-0.15, -0.1) is 5.10 Å². The van der Waals surface area contributed by atoms with Crippen molar-refractivity contribution in [3.8, 4) is 0 Å². The minimum absolute atomic E-state index is 0.0214. The van der Waals surface area contributed by atoms with Crippen LogP contribution in [0.3, 0.4) is 0 Å². The first-order valence-corrected chi connectivity index (χ1v) is 6.02. The number of amides is 1. The molecule has 2 unspecified atom stereocenters. The van der Waals surface area contributed by atoms with Crippen molar-refractivity contribution in [2.75, 3.05) is 20.6 Å². The zero-order valence-electron chi connectivity index (χ0n) is 10.9. The molecule has 19 heavy (non-hydrogen) atoms. The molecular formula is C11H17N5O3. The standard InChI is InChI=1S/C11H17N5O3/c1-15(2)11(18)3-8-5-16(14-13-8)6-9-4-12-10(7-17)19-9/h5,7,9-10,12H,3-4,6H2,1-2H3. The van der Waals surface area contributed by atoms with Crippen LogP contribution in [-0.4, -0.2) is 65.1 Å². The Balaban J connectivity index is 1.87. The molecule has 0 bridgehead atoms. The van der Waals surface area contributed by atoms with Gasteiger partial charge in [-0.3, -0.25) is 14.9 Å². The Morgan fingerprint density at radius 3 is 3.11 bits per heavy atom. The lowest BCUT2D eigenvalue weighted by Crippen LogP contribution is -2.23. The van der Waals surface area contributed by atoms with E-state index >= 15 is 0 Å². The summed E-state index contributed by atoms with van der Waals surface area (Å²) in [6, 6.07) is 0. The Morgan fingerprint density at radius 2 is 2.47 bits per heavy atom. The first-order valence-electron chi connectivity index (χ1n) is 6.02. The van der Waals surface area contributed by atoms with Crippen molar-refractivity contribution in [1.82, 2.24) is 25.2 Å². The van der Waals surface area contributed by atoms with E-state index in [4.69, 9.17) is 4.74 Å². The molecule has 8 nitrogen and oxygen atoms in total. The van der Waals surface area contributed by atoms with Crippen molar-refractivity contribution in [2.24, 2.45) is 0 Å². The highest BCUT2D eigenvalue weighted by atomic mass is 16.5. The molecule has 1 fully saturated rings. The first-order chi connectivity index (χ1) is 9.08. The number of rotatable bonds is 5. The normalized spacial score (nSPS) is 22.4. The molecule has 2 heterocycles. The monoisotopic (exact) mass is 267 g/mol. The van der Waals surface area contributed by atoms with Gasteiger partial charge >= 0.3 is 0 Å². The number of nitrogens with zero attached hydrogens (tertiary/aromatic N) is 4. The number of ether oxygens (including phenoxy) is 1. The van der Waals surface area contributed by atoms with Crippen LogP contribution in [0.15, 0.2) is 6.20 Å². The Hall–Kier alpha value is -1.80. The van der Waals surface area contributed by atoms with Gasteiger partial charge in [-0.05, 0) is 0 Å². The van der Waals surface area contributed by atoms with E-state index in [9.17, 15) is 9.59 Å². The van der Waals surface area contributed by atoms with Gasteiger partial charge in [0, 0.05) is 26.8 Å². The van der Waals surface area contributed by atoms with Crippen molar-refractivity contribution < 1.29 is 14.3 Å². The van der Waals surface area contributed by atoms with E-state index in [-0.39, 0.29) is 18.4 Å². The van der Waals surface area contributed by atoms with Crippen LogP contribution in [0.2, 0.25) is 0 Å². The van der Waals surface area contributed by atoms with E-state index in [1.54, 1.807) is 25.0 Å². The van der Waals surface area contributed by atoms with Crippen LogP contribution < -0.4 is 5.32 Å². The van der Waals surface area contributed by atoms with E-state index in [0.29, 0.717) is 18.8 Å². The van der Waals surface area contributed by atoms with Crippen molar-refractivity contribution in [3.05, 3.63) is 11.9 Å². The maximum Gasteiger partial charge on any atom is 0.228 e. The van der Waals surface area contributed by atoms with Crippen LogP contribution >= 0.6 is 0 Å². The summed E-state index contributed by atoms with van der Waals surface area (Å²) in [7, 11) is 3.40. The van der Waals surface area contributed by atoms with Crippen molar-refractivity contribution in [1.29, 1.82) is 0 Å². The smallest absolute Gasteiger partial charge is 0.228 e. The number of hydrogen-bond acceptors (Lipinski definition) is 6. The lowest BCUT2D eigenvalue weighted by Gasteiger charge is -2.08. The molecule has 1 N–H and O–H groups in total. The van der Waals surface area contributed by atoms with Crippen LogP contribution in [0, 0.1) is 0 Å². The zero-order chi connectivity index (χ0) is 13.8. The first kappa shape index (κ1) is 13.6. The molecule has 1 aliphatic rings. The highest BCUT2D eigenvalue weighted by Gasteiger charge is 2.24. The second kappa shape index (κ2) is 5.89. The zero-order valence-corrected chi connectivity index (χ0v) is 10.9. The van der Waals surface area contributed by atoms with Crippen molar-refractivity contribution in [3.63, 3.8) is 0 Å². The van der Waals surface area contributed by atoms with Crippen molar-refractivity contribution >= 4 is 12.2 Å². The summed E-state index contributed by atoms with van der Waals surface area (Å²) >= 11 is 0. The average Bonchev–Trinajstić information content (AvgIpc) is 2.99. The molecule has 1 amide bonds. The SMILES string of the molecule is CN(C)C(=O)Cc1cn(CC2CNC(C=O)O2)nn1. The summed E-state index contributed by atoms with van der Waals surface area (Å²) in [5.74, 6) is -0.0214. The van der Waals surface area contributed by atoms with Crippen LogP contribution in [0.25, 0.3) is 0 Å². The number of nitrogens with one attached hydrogen (secondary N) is 1. The lowest BCUT2D eigenvalue weighted by atomic mass is 10.3. The summed E-state index contributed by atoms with van der Waals surface area (Å²) in [6.45, 7) is 1.09. The number of aromatic nitrogens is 3. The van der Waals surface area contributed by atoms with Crippen LogP contribution in [0.1, 0.15) is 5.69 Å². The summed E-state index contributed by atoms with van der Waals surface area (Å²) in [4.78, 5) is 23.6. The van der Waals surface area contributed by atoms with E-state index < -0.39 is 6.23 Å². The number of hydrogen-bond donors (Lipinski definition) is 1. The van der Waals surface area contributed by atoms with E-state index in [1.165, 1.54) is 4.90 Å². The van der Waals surface area contributed by atoms with Crippen LogP contribution in [0.4, 0.5) is 0 Å². The number of likely N-dealkylation sites (N-methyl/N-ethyl adjacent to an activating group) is 1. The summed E-state index contributed by atoms with van der Waals surface area (Å²) < 4.78 is 7.02. The second-order valence-corrected chi connectivity index (χ2v) is 4.62. The molecular weight excluding hydrogens is 250 g/mol. The minimum Gasteiger partial charge on any atom is -0.350 e. The second-order valence-electron chi connectivity index (χ2n) is 4.62. The molecule has 1 aliphatic heterocycles. The fraction of sp³-hybridized carbons (Fsp3) is 0.636. The summed E-state index contributed by atoms with van der Waals surface area (Å²) in [5, 5.41) is 10.8. The van der Waals surface area contributed by atoms with Gasteiger partial charge in [0.1, 0.15) is 0 Å². The fourth-order valence-corrected chi connectivity index (χ4v) is 1.77. The van der Waals surface area contributed by atoms with Gasteiger partial charge in [-0.2, -0.15) is 0 Å². The third kappa shape index (κ3) is 3.58.